The van der Waals surface area contributed by atoms with Gasteiger partial charge < -0.3 is 15.2 Å². The quantitative estimate of drug-likeness (QED) is 0.687. The summed E-state index contributed by atoms with van der Waals surface area (Å²) in [7, 11) is 1.91. The molecule has 1 aliphatic rings. The topological polar surface area (TPSA) is 41.5 Å². The van der Waals surface area contributed by atoms with E-state index in [9.17, 15) is 5.11 Å². The molecule has 0 aliphatic heterocycles. The Morgan fingerprint density at radius 3 is 2.77 bits per heavy atom. The largest absolute Gasteiger partial charge is 0.390 e. The fourth-order valence-corrected chi connectivity index (χ4v) is 1.87. The first-order chi connectivity index (χ1) is 6.24. The van der Waals surface area contributed by atoms with E-state index >= 15 is 0 Å². The van der Waals surface area contributed by atoms with E-state index in [1.807, 2.05) is 14.0 Å². The van der Waals surface area contributed by atoms with Crippen LogP contribution in [-0.2, 0) is 4.74 Å². The van der Waals surface area contributed by atoms with Crippen molar-refractivity contribution in [3.05, 3.63) is 0 Å². The van der Waals surface area contributed by atoms with Crippen molar-refractivity contribution in [1.29, 1.82) is 0 Å². The van der Waals surface area contributed by atoms with Gasteiger partial charge in [0, 0.05) is 6.54 Å². The van der Waals surface area contributed by atoms with E-state index in [1.165, 1.54) is 6.42 Å². The second-order valence-corrected chi connectivity index (χ2v) is 3.89. The molecule has 0 aromatic rings. The molecular weight excluding hydrogens is 166 g/mol. The summed E-state index contributed by atoms with van der Waals surface area (Å²) >= 11 is 0. The summed E-state index contributed by atoms with van der Waals surface area (Å²) in [6, 6.07) is 0. The van der Waals surface area contributed by atoms with Gasteiger partial charge in [-0.2, -0.15) is 0 Å². The molecular formula is C10H21NO2. The van der Waals surface area contributed by atoms with Gasteiger partial charge >= 0.3 is 0 Å². The lowest BCUT2D eigenvalue weighted by Gasteiger charge is -2.30. The molecule has 0 saturated heterocycles. The predicted molar refractivity (Wildman–Crippen MR) is 52.7 cm³/mol. The third-order valence-corrected chi connectivity index (χ3v) is 2.57. The molecule has 0 aromatic carbocycles. The highest BCUT2D eigenvalue weighted by Gasteiger charge is 2.24. The van der Waals surface area contributed by atoms with E-state index < -0.39 is 0 Å². The number of rotatable bonds is 4. The Hall–Kier alpha value is -0.120. The fourth-order valence-electron chi connectivity index (χ4n) is 1.87. The lowest BCUT2D eigenvalue weighted by atomic mass is 9.95. The molecule has 0 radical (unpaired) electrons. The Bertz CT molecular complexity index is 141. The number of nitrogens with one attached hydrogen (secondary N) is 1. The molecule has 2 N–H and O–H groups in total. The second-order valence-electron chi connectivity index (χ2n) is 3.89. The summed E-state index contributed by atoms with van der Waals surface area (Å²) in [6.45, 7) is 2.89. The van der Waals surface area contributed by atoms with Crippen LogP contribution in [0.15, 0.2) is 0 Å². The van der Waals surface area contributed by atoms with E-state index in [2.05, 4.69) is 5.32 Å². The zero-order valence-corrected chi connectivity index (χ0v) is 8.62. The third-order valence-electron chi connectivity index (χ3n) is 2.57. The number of likely N-dealkylation sites (N-methyl/N-ethyl adjacent to an activating group) is 1. The van der Waals surface area contributed by atoms with Gasteiger partial charge in [-0.05, 0) is 26.8 Å². The molecule has 3 heteroatoms. The summed E-state index contributed by atoms with van der Waals surface area (Å²) < 4.78 is 5.73. The van der Waals surface area contributed by atoms with Gasteiger partial charge in [0.2, 0.25) is 0 Å². The molecule has 0 bridgehead atoms. The number of ether oxygens (including phenoxy) is 1. The highest BCUT2D eigenvalue weighted by molar-refractivity contribution is 4.75. The van der Waals surface area contributed by atoms with Gasteiger partial charge in [0.05, 0.1) is 18.3 Å². The third kappa shape index (κ3) is 3.63. The minimum atomic E-state index is -0.243. The van der Waals surface area contributed by atoms with Crippen molar-refractivity contribution in [3.63, 3.8) is 0 Å². The van der Waals surface area contributed by atoms with Crippen LogP contribution in [0, 0.1) is 0 Å². The van der Waals surface area contributed by atoms with Crippen molar-refractivity contribution in [2.24, 2.45) is 0 Å². The maximum Gasteiger partial charge on any atom is 0.0838 e. The monoisotopic (exact) mass is 187 g/mol. The molecule has 1 rings (SSSR count). The van der Waals surface area contributed by atoms with Crippen molar-refractivity contribution in [3.8, 4) is 0 Å². The van der Waals surface area contributed by atoms with E-state index in [0.717, 1.165) is 25.8 Å². The summed E-state index contributed by atoms with van der Waals surface area (Å²) in [5, 5.41) is 12.7. The van der Waals surface area contributed by atoms with Gasteiger partial charge in [-0.15, -0.1) is 0 Å². The summed E-state index contributed by atoms with van der Waals surface area (Å²) in [6.07, 6.45) is 4.26. The average molecular weight is 187 g/mol. The van der Waals surface area contributed by atoms with Crippen molar-refractivity contribution < 1.29 is 9.84 Å². The Balaban J connectivity index is 2.25. The molecule has 13 heavy (non-hydrogen) atoms. The van der Waals surface area contributed by atoms with Crippen LogP contribution in [0.3, 0.4) is 0 Å². The Morgan fingerprint density at radius 2 is 2.15 bits per heavy atom. The van der Waals surface area contributed by atoms with Crippen molar-refractivity contribution in [2.45, 2.75) is 50.9 Å². The van der Waals surface area contributed by atoms with Gasteiger partial charge in [0.25, 0.3) is 0 Å². The minimum Gasteiger partial charge on any atom is -0.390 e. The van der Waals surface area contributed by atoms with Gasteiger partial charge in [-0.3, -0.25) is 0 Å². The summed E-state index contributed by atoms with van der Waals surface area (Å²) in [5.41, 5.74) is 0. The second kappa shape index (κ2) is 5.58. The SMILES string of the molecule is CNCC(C)OC1CCCCC1O. The van der Waals surface area contributed by atoms with E-state index in [1.54, 1.807) is 0 Å². The number of aliphatic hydroxyl groups is 1. The van der Waals surface area contributed by atoms with Gasteiger partial charge in [-0.25, -0.2) is 0 Å². The first kappa shape index (κ1) is 11.0. The maximum atomic E-state index is 9.64. The van der Waals surface area contributed by atoms with Crippen LogP contribution in [-0.4, -0.2) is 37.0 Å². The van der Waals surface area contributed by atoms with Gasteiger partial charge in [0.15, 0.2) is 0 Å². The van der Waals surface area contributed by atoms with E-state index in [0.29, 0.717) is 0 Å². The highest BCUT2D eigenvalue weighted by atomic mass is 16.5. The van der Waals surface area contributed by atoms with Crippen LogP contribution in [0.5, 0.6) is 0 Å². The number of hydrogen-bond donors (Lipinski definition) is 2. The summed E-state index contributed by atoms with van der Waals surface area (Å²) in [4.78, 5) is 0. The smallest absolute Gasteiger partial charge is 0.0838 e. The van der Waals surface area contributed by atoms with Crippen LogP contribution < -0.4 is 5.32 Å². The van der Waals surface area contributed by atoms with Gasteiger partial charge in [0.1, 0.15) is 0 Å². The molecule has 0 amide bonds. The normalized spacial score (nSPS) is 31.6. The Labute approximate surface area is 80.5 Å². The fraction of sp³-hybridized carbons (Fsp3) is 1.00. The first-order valence-electron chi connectivity index (χ1n) is 5.22. The molecule has 0 aromatic heterocycles. The molecule has 78 valence electrons. The van der Waals surface area contributed by atoms with Crippen molar-refractivity contribution >= 4 is 0 Å². The van der Waals surface area contributed by atoms with Crippen LogP contribution in [0.1, 0.15) is 32.6 Å². The van der Waals surface area contributed by atoms with Crippen molar-refractivity contribution in [2.75, 3.05) is 13.6 Å². The molecule has 3 nitrogen and oxygen atoms in total. The zero-order chi connectivity index (χ0) is 9.68. The molecule has 0 spiro atoms. The minimum absolute atomic E-state index is 0.0668. The van der Waals surface area contributed by atoms with Crippen LogP contribution in [0.2, 0.25) is 0 Å². The Kier molecular flexibility index (Phi) is 4.70. The molecule has 3 unspecified atom stereocenters. The lowest BCUT2D eigenvalue weighted by Crippen LogP contribution is -2.37. The van der Waals surface area contributed by atoms with E-state index in [4.69, 9.17) is 4.74 Å². The molecule has 0 heterocycles. The number of aliphatic hydroxyl groups excluding tert-OH is 1. The lowest BCUT2D eigenvalue weighted by molar-refractivity contribution is -0.0869. The molecule has 1 fully saturated rings. The Morgan fingerprint density at radius 1 is 1.46 bits per heavy atom. The summed E-state index contributed by atoms with van der Waals surface area (Å²) in [5.74, 6) is 0. The molecule has 1 saturated carbocycles. The van der Waals surface area contributed by atoms with Crippen molar-refractivity contribution in [1.82, 2.24) is 5.32 Å². The predicted octanol–water partition coefficient (Wildman–Crippen LogP) is 0.914. The number of hydrogen-bond acceptors (Lipinski definition) is 3. The average Bonchev–Trinajstić information content (AvgIpc) is 2.09. The van der Waals surface area contributed by atoms with Gasteiger partial charge in [-0.1, -0.05) is 12.8 Å². The first-order valence-corrected chi connectivity index (χ1v) is 5.22. The standard InChI is InChI=1S/C10H21NO2/c1-8(7-11-2)13-10-6-4-3-5-9(10)12/h8-12H,3-7H2,1-2H3. The molecule has 3 atom stereocenters. The van der Waals surface area contributed by atoms with Crippen LogP contribution in [0.25, 0.3) is 0 Å². The highest BCUT2D eigenvalue weighted by Crippen LogP contribution is 2.21. The van der Waals surface area contributed by atoms with E-state index in [-0.39, 0.29) is 18.3 Å². The molecule has 1 aliphatic carbocycles. The van der Waals surface area contributed by atoms with Crippen LogP contribution in [0.4, 0.5) is 0 Å². The van der Waals surface area contributed by atoms with Crippen LogP contribution >= 0.6 is 0 Å². The maximum absolute atomic E-state index is 9.64. The zero-order valence-electron chi connectivity index (χ0n) is 8.62.